The van der Waals surface area contributed by atoms with Crippen LogP contribution in [0.3, 0.4) is 0 Å². The van der Waals surface area contributed by atoms with Crippen molar-refractivity contribution in [3.05, 3.63) is 164 Å². The van der Waals surface area contributed by atoms with Gasteiger partial charge in [-0.3, -0.25) is 0 Å². The van der Waals surface area contributed by atoms with Crippen LogP contribution in [0.1, 0.15) is 0 Å². The maximum Gasteiger partial charge on any atom is 0.167 e. The van der Waals surface area contributed by atoms with Gasteiger partial charge >= 0.3 is 0 Å². The molecule has 0 aliphatic heterocycles. The van der Waals surface area contributed by atoms with Gasteiger partial charge in [-0.05, 0) is 30.3 Å². The molecular weight excluding hydrogens is 739 g/mol. The second kappa shape index (κ2) is 12.7. The fourth-order valence-electron chi connectivity index (χ4n) is 7.88. The Morgan fingerprint density at radius 2 is 1.00 bits per heavy atom. The van der Waals surface area contributed by atoms with Crippen LogP contribution in [0.2, 0.25) is 0 Å². The topological polar surface area (TPSA) is 77.6 Å². The zero-order chi connectivity index (χ0) is 37.5. The van der Waals surface area contributed by atoms with E-state index in [1.807, 2.05) is 66.7 Å². The second-order valence-corrected chi connectivity index (χ2v) is 16.1. The van der Waals surface area contributed by atoms with Crippen LogP contribution in [0.4, 0.5) is 0 Å². The van der Waals surface area contributed by atoms with Gasteiger partial charge in [0.15, 0.2) is 23.3 Å². The van der Waals surface area contributed by atoms with Gasteiger partial charge in [0.2, 0.25) is 0 Å². The highest BCUT2D eigenvalue weighted by atomic mass is 32.1. The fraction of sp³-hybridized carbons (Fsp3) is 0. The molecule has 12 aromatic rings. The van der Waals surface area contributed by atoms with Crippen molar-refractivity contribution in [2.24, 2.45) is 0 Å². The van der Waals surface area contributed by atoms with Crippen molar-refractivity contribution in [1.29, 1.82) is 0 Å². The van der Waals surface area contributed by atoms with E-state index in [2.05, 4.69) is 97.1 Å². The third-order valence-corrected chi connectivity index (χ3v) is 12.9. The molecular formula is C49H27N5OS2. The molecule has 0 saturated heterocycles. The highest BCUT2D eigenvalue weighted by Gasteiger charge is 2.21. The van der Waals surface area contributed by atoms with Crippen LogP contribution in [0.25, 0.3) is 119 Å². The van der Waals surface area contributed by atoms with Gasteiger partial charge < -0.3 is 4.42 Å². The summed E-state index contributed by atoms with van der Waals surface area (Å²) in [6.07, 6.45) is 0. The molecule has 0 radical (unpaired) electrons. The number of para-hydroxylation sites is 2. The Balaban J connectivity index is 1.04. The highest BCUT2D eigenvalue weighted by Crippen LogP contribution is 2.44. The lowest BCUT2D eigenvalue weighted by molar-refractivity contribution is 0.669. The normalized spacial score (nSPS) is 11.9. The number of benzene rings is 7. The van der Waals surface area contributed by atoms with Crippen molar-refractivity contribution in [3.63, 3.8) is 0 Å². The summed E-state index contributed by atoms with van der Waals surface area (Å²) in [7, 11) is 0. The maximum absolute atomic E-state index is 6.43. The summed E-state index contributed by atoms with van der Waals surface area (Å²) in [5, 5.41) is 5.56. The molecule has 8 heteroatoms. The van der Waals surface area contributed by atoms with Crippen LogP contribution in [0.5, 0.6) is 0 Å². The lowest BCUT2D eigenvalue weighted by atomic mass is 10.1. The van der Waals surface area contributed by atoms with E-state index in [-0.39, 0.29) is 0 Å². The molecule has 0 fully saturated rings. The van der Waals surface area contributed by atoms with Crippen LogP contribution in [0.15, 0.2) is 168 Å². The Bertz CT molecular complexity index is 3540. The molecule has 0 atom stereocenters. The molecule has 0 amide bonds. The molecule has 0 unspecified atom stereocenters. The van der Waals surface area contributed by atoms with E-state index < -0.39 is 0 Å². The first-order valence-corrected chi connectivity index (χ1v) is 20.3. The SMILES string of the molecule is c1ccc(-c2nc(-c3ccc4c(c3)sc3c(-c5nc(-c6ccccc6)c6sc7ccccc7c6n5)cccc34)nc(-c3cccc4c3oc3ccccc34)n2)cc1. The number of rotatable bonds is 5. The quantitative estimate of drug-likeness (QED) is 0.174. The summed E-state index contributed by atoms with van der Waals surface area (Å²) in [6.45, 7) is 0. The van der Waals surface area contributed by atoms with Crippen molar-refractivity contribution in [2.45, 2.75) is 0 Å². The van der Waals surface area contributed by atoms with Crippen LogP contribution in [-0.4, -0.2) is 24.9 Å². The summed E-state index contributed by atoms with van der Waals surface area (Å²) >= 11 is 3.50. The lowest BCUT2D eigenvalue weighted by Crippen LogP contribution is -2.00. The van der Waals surface area contributed by atoms with Crippen LogP contribution in [0, 0.1) is 0 Å². The number of furan rings is 1. The number of hydrogen-bond acceptors (Lipinski definition) is 8. The molecule has 5 aromatic heterocycles. The van der Waals surface area contributed by atoms with E-state index in [0.717, 1.165) is 97.0 Å². The minimum atomic E-state index is 0.560. The highest BCUT2D eigenvalue weighted by molar-refractivity contribution is 7.26. The molecule has 0 spiro atoms. The molecule has 0 bridgehead atoms. The first kappa shape index (κ1) is 32.1. The predicted octanol–water partition coefficient (Wildman–Crippen LogP) is 13.6. The minimum Gasteiger partial charge on any atom is -0.455 e. The van der Waals surface area contributed by atoms with Crippen LogP contribution in [-0.2, 0) is 0 Å². The first-order valence-electron chi connectivity index (χ1n) is 18.7. The summed E-state index contributed by atoms with van der Waals surface area (Å²) in [4.78, 5) is 25.8. The predicted molar refractivity (Wildman–Crippen MR) is 236 cm³/mol. The summed E-state index contributed by atoms with van der Waals surface area (Å²) in [5.41, 5.74) is 8.26. The van der Waals surface area contributed by atoms with Gasteiger partial charge in [-0.25, -0.2) is 24.9 Å². The molecule has 12 rings (SSSR count). The van der Waals surface area contributed by atoms with E-state index in [9.17, 15) is 0 Å². The number of nitrogens with zero attached hydrogens (tertiary/aromatic N) is 5. The van der Waals surface area contributed by atoms with Crippen molar-refractivity contribution in [1.82, 2.24) is 24.9 Å². The minimum absolute atomic E-state index is 0.560. The fourth-order valence-corrected chi connectivity index (χ4v) is 10.3. The van der Waals surface area contributed by atoms with E-state index in [0.29, 0.717) is 17.5 Å². The van der Waals surface area contributed by atoms with Gasteiger partial charge in [0.05, 0.1) is 21.5 Å². The zero-order valence-electron chi connectivity index (χ0n) is 30.0. The number of hydrogen-bond donors (Lipinski definition) is 0. The van der Waals surface area contributed by atoms with Crippen LogP contribution < -0.4 is 0 Å². The average molecular weight is 766 g/mol. The molecule has 266 valence electrons. The van der Waals surface area contributed by atoms with Gasteiger partial charge in [-0.15, -0.1) is 22.7 Å². The molecule has 0 saturated carbocycles. The van der Waals surface area contributed by atoms with Crippen molar-refractivity contribution in [2.75, 3.05) is 0 Å². The number of aromatic nitrogens is 5. The molecule has 7 aromatic carbocycles. The third-order valence-electron chi connectivity index (χ3n) is 10.6. The van der Waals surface area contributed by atoms with Gasteiger partial charge in [-0.2, -0.15) is 0 Å². The van der Waals surface area contributed by atoms with Gasteiger partial charge in [0.1, 0.15) is 11.2 Å². The van der Waals surface area contributed by atoms with Crippen LogP contribution >= 0.6 is 22.7 Å². The molecule has 57 heavy (non-hydrogen) atoms. The number of thiophene rings is 2. The van der Waals surface area contributed by atoms with Gasteiger partial charge in [0.25, 0.3) is 0 Å². The Morgan fingerprint density at radius 3 is 1.84 bits per heavy atom. The second-order valence-electron chi connectivity index (χ2n) is 14.0. The van der Waals surface area contributed by atoms with Gasteiger partial charge in [-0.1, -0.05) is 133 Å². The summed E-state index contributed by atoms with van der Waals surface area (Å²) in [5.74, 6) is 2.48. The molecule has 5 heterocycles. The summed E-state index contributed by atoms with van der Waals surface area (Å²) in [6, 6.07) is 56.2. The average Bonchev–Trinajstić information content (AvgIpc) is 3.97. The standard InChI is InChI=1S/C49H27N5OS2/c1-3-13-28(14-4-1)41-45-42(35-18-8-10-24-39(35)56-45)51-49(50-41)37-22-12-20-34-32-26-25-30(27-40(32)57-44(34)37)47-52-46(29-15-5-2-6-16-29)53-48(54-47)36-21-11-19-33-31-17-7-9-23-38(31)55-43(33)36/h1-27H. The Morgan fingerprint density at radius 1 is 0.368 bits per heavy atom. The third kappa shape index (κ3) is 5.19. The monoisotopic (exact) mass is 765 g/mol. The molecule has 0 aliphatic rings. The van der Waals surface area contributed by atoms with Crippen molar-refractivity contribution in [3.8, 4) is 56.8 Å². The Labute approximate surface area is 333 Å². The Hall–Kier alpha value is -7.13. The van der Waals surface area contributed by atoms with Crippen molar-refractivity contribution < 1.29 is 4.42 Å². The van der Waals surface area contributed by atoms with E-state index >= 15 is 0 Å². The largest absolute Gasteiger partial charge is 0.455 e. The zero-order valence-corrected chi connectivity index (χ0v) is 31.7. The maximum atomic E-state index is 6.43. The smallest absolute Gasteiger partial charge is 0.167 e. The lowest BCUT2D eigenvalue weighted by Gasteiger charge is -2.09. The van der Waals surface area contributed by atoms with E-state index in [1.54, 1.807) is 22.7 Å². The van der Waals surface area contributed by atoms with E-state index in [4.69, 9.17) is 29.3 Å². The summed E-state index contributed by atoms with van der Waals surface area (Å²) < 4.78 is 11.0. The molecule has 6 nitrogen and oxygen atoms in total. The first-order chi connectivity index (χ1) is 28.2. The Kier molecular flexibility index (Phi) is 7.17. The molecule has 0 N–H and O–H groups in total. The van der Waals surface area contributed by atoms with Gasteiger partial charge in [0, 0.05) is 63.3 Å². The molecule has 0 aliphatic carbocycles. The van der Waals surface area contributed by atoms with Crippen molar-refractivity contribution >= 4 is 85.1 Å². The number of fused-ring (bicyclic) bond motifs is 9. The van der Waals surface area contributed by atoms with E-state index in [1.165, 1.54) is 4.70 Å².